The topological polar surface area (TPSA) is 303 Å². The van der Waals surface area contributed by atoms with Gasteiger partial charge in [0.15, 0.2) is 6.10 Å². The minimum atomic E-state index is -5.60. The van der Waals surface area contributed by atoms with E-state index in [0.717, 1.165) is 64.2 Å². The highest BCUT2D eigenvalue weighted by atomic mass is 31.2. The van der Waals surface area contributed by atoms with Gasteiger partial charge in [-0.1, -0.05) is 153 Å². The van der Waals surface area contributed by atoms with E-state index in [1.165, 1.54) is 70.6 Å². The molecule has 0 bridgehead atoms. The summed E-state index contributed by atoms with van der Waals surface area (Å²) >= 11 is 0. The maximum Gasteiger partial charge on any atom is 0.472 e. The van der Waals surface area contributed by atoms with Crippen LogP contribution in [-0.2, 0) is 50.9 Å². The van der Waals surface area contributed by atoms with Crippen molar-refractivity contribution in [2.75, 3.05) is 13.2 Å². The molecule has 19 nitrogen and oxygen atoms in total. The first-order valence-corrected chi connectivity index (χ1v) is 28.8. The molecule has 8 atom stereocenters. The van der Waals surface area contributed by atoms with Crippen LogP contribution in [0.25, 0.3) is 0 Å². The Morgan fingerprint density at radius 2 is 0.866 bits per heavy atom. The van der Waals surface area contributed by atoms with E-state index in [9.17, 15) is 63.1 Å². The van der Waals surface area contributed by atoms with Crippen molar-refractivity contribution in [3.05, 3.63) is 36.5 Å². The van der Waals surface area contributed by atoms with Crippen LogP contribution in [0.15, 0.2) is 36.5 Å². The van der Waals surface area contributed by atoms with Crippen LogP contribution in [-0.4, -0.2) is 108 Å². The maximum absolute atomic E-state index is 13.1. The summed E-state index contributed by atoms with van der Waals surface area (Å²) in [5, 5.41) is 31.9. The summed E-state index contributed by atoms with van der Waals surface area (Å²) in [6.07, 6.45) is 21.6. The number of carbonyl (C=O) groups excluding carboxylic acids is 2. The van der Waals surface area contributed by atoms with Crippen LogP contribution in [0.5, 0.6) is 0 Å². The summed E-state index contributed by atoms with van der Waals surface area (Å²) < 4.78 is 65.5. The quantitative estimate of drug-likeness (QED) is 0.0123. The second kappa shape index (κ2) is 37.2. The molecule has 1 fully saturated rings. The zero-order valence-electron chi connectivity index (χ0n) is 39.7. The van der Waals surface area contributed by atoms with Crippen LogP contribution in [0.1, 0.15) is 181 Å². The fraction of sp³-hybridized carbons (Fsp3) is 0.822. The Balaban J connectivity index is 2.74. The van der Waals surface area contributed by atoms with Crippen molar-refractivity contribution in [3.63, 3.8) is 0 Å². The fourth-order valence-corrected chi connectivity index (χ4v) is 9.39. The minimum absolute atomic E-state index is 0.0263. The minimum Gasteiger partial charge on any atom is -0.462 e. The number of allylic oxidation sites excluding steroid dienone is 6. The molecule has 8 N–H and O–H groups in total. The number of unbranched alkanes of at least 4 members (excludes halogenated alkanes) is 19. The normalized spacial score (nSPS) is 21.9. The summed E-state index contributed by atoms with van der Waals surface area (Å²) in [5.74, 6) is -1.32. The van der Waals surface area contributed by atoms with Gasteiger partial charge in [0.2, 0.25) is 0 Å². The molecule has 0 aromatic rings. The number of phosphoric ester groups is 3. The molecule has 392 valence electrons. The average Bonchev–Trinajstić information content (AvgIpc) is 3.25. The number of rotatable bonds is 41. The lowest BCUT2D eigenvalue weighted by Gasteiger charge is -2.44. The predicted molar refractivity (Wildman–Crippen MR) is 252 cm³/mol. The Morgan fingerprint density at radius 1 is 0.478 bits per heavy atom. The van der Waals surface area contributed by atoms with Crippen LogP contribution in [0.2, 0.25) is 0 Å². The van der Waals surface area contributed by atoms with Crippen molar-refractivity contribution in [1.29, 1.82) is 0 Å². The van der Waals surface area contributed by atoms with E-state index in [-0.39, 0.29) is 12.8 Å². The molecule has 0 aromatic carbocycles. The van der Waals surface area contributed by atoms with E-state index in [0.29, 0.717) is 19.3 Å². The molecule has 0 amide bonds. The van der Waals surface area contributed by atoms with Crippen LogP contribution < -0.4 is 0 Å². The van der Waals surface area contributed by atoms with Gasteiger partial charge in [0.25, 0.3) is 0 Å². The summed E-state index contributed by atoms with van der Waals surface area (Å²) in [4.78, 5) is 73.2. The van der Waals surface area contributed by atoms with E-state index < -0.39 is 91.3 Å². The Morgan fingerprint density at radius 3 is 1.36 bits per heavy atom. The van der Waals surface area contributed by atoms with Crippen molar-refractivity contribution in [2.45, 2.75) is 224 Å². The van der Waals surface area contributed by atoms with E-state index in [1.54, 1.807) is 0 Å². The van der Waals surface area contributed by atoms with Crippen molar-refractivity contribution in [1.82, 2.24) is 0 Å². The lowest BCUT2D eigenvalue weighted by atomic mass is 9.85. The van der Waals surface area contributed by atoms with Crippen molar-refractivity contribution >= 4 is 35.4 Å². The monoisotopic (exact) mass is 1020 g/mol. The van der Waals surface area contributed by atoms with Crippen molar-refractivity contribution in [2.24, 2.45) is 0 Å². The molecule has 5 unspecified atom stereocenters. The summed E-state index contributed by atoms with van der Waals surface area (Å²) in [6, 6.07) is 0. The molecular formula is C45H83O19P3. The second-order valence-electron chi connectivity index (χ2n) is 17.0. The van der Waals surface area contributed by atoms with Crippen LogP contribution in [0.4, 0.5) is 0 Å². The smallest absolute Gasteiger partial charge is 0.462 e. The third-order valence-electron chi connectivity index (χ3n) is 10.9. The molecule has 0 saturated heterocycles. The standard InChI is InChI=1S/C45H83O19P3/c1-3-5-7-9-11-13-15-17-18-19-20-22-24-26-28-30-32-34-39(47)61-37(35-59-38(46)33-31-29-27-25-23-21-16-14-12-10-8-6-4-2)36-60-67(57,58)64-43-40(48)41(49)44(62-65(51,52)53)45(42(43)50)63-66(54,55)56/h11,13,17-18,20,22,37,40-45,48-50H,3-10,12,14-16,19,21,23-36H2,1-2H3,(H,57,58)(H2,51,52,53)(H2,54,55,56)/t37-,40?,41?,42?,43+,44?,45+/m1/s1. The lowest BCUT2D eigenvalue weighted by molar-refractivity contribution is -0.213. The van der Waals surface area contributed by atoms with Crippen LogP contribution in [0, 0.1) is 0 Å². The number of aliphatic hydroxyl groups is 3. The first kappa shape index (κ1) is 63.4. The molecule has 1 aliphatic rings. The van der Waals surface area contributed by atoms with Gasteiger partial charge < -0.3 is 49.3 Å². The van der Waals surface area contributed by atoms with Gasteiger partial charge in [0.1, 0.15) is 43.2 Å². The fourth-order valence-electron chi connectivity index (χ4n) is 7.30. The Bertz CT molecular complexity index is 1550. The highest BCUT2D eigenvalue weighted by Gasteiger charge is 2.56. The van der Waals surface area contributed by atoms with Crippen LogP contribution >= 0.6 is 23.5 Å². The number of ether oxygens (including phenoxy) is 2. The average molecular weight is 1020 g/mol. The molecule has 1 rings (SSSR count). The summed E-state index contributed by atoms with van der Waals surface area (Å²) in [5.41, 5.74) is 0. The number of phosphoric acid groups is 3. The zero-order valence-corrected chi connectivity index (χ0v) is 42.4. The maximum atomic E-state index is 13.1. The van der Waals surface area contributed by atoms with Gasteiger partial charge >= 0.3 is 35.4 Å². The third kappa shape index (κ3) is 33.6. The second-order valence-corrected chi connectivity index (χ2v) is 20.8. The largest absolute Gasteiger partial charge is 0.472 e. The van der Waals surface area contributed by atoms with Crippen molar-refractivity contribution in [3.8, 4) is 0 Å². The highest BCUT2D eigenvalue weighted by Crippen LogP contribution is 2.51. The SMILES string of the molecule is CCCCCC=CCC=CCC=CCCCCCCC(=O)O[C@H](COC(=O)CCCCCCCCCCCCCCC)COP(=O)(O)O[C@H]1C(O)C(O)C(OP(=O)(O)O)[C@@H](OP(=O)(O)O)C1O. The molecular weight excluding hydrogens is 937 g/mol. The molecule has 0 heterocycles. The van der Waals surface area contributed by atoms with Gasteiger partial charge in [-0.3, -0.25) is 27.7 Å². The lowest BCUT2D eigenvalue weighted by Crippen LogP contribution is -2.65. The van der Waals surface area contributed by atoms with Gasteiger partial charge in [0.05, 0.1) is 6.61 Å². The molecule has 22 heteroatoms. The van der Waals surface area contributed by atoms with E-state index in [2.05, 4.69) is 59.4 Å². The van der Waals surface area contributed by atoms with Gasteiger partial charge in [-0.15, -0.1) is 0 Å². The summed E-state index contributed by atoms with van der Waals surface area (Å²) in [6.45, 7) is 2.90. The number of carbonyl (C=O) groups is 2. The van der Waals surface area contributed by atoms with Gasteiger partial charge in [-0.25, -0.2) is 13.7 Å². The molecule has 67 heavy (non-hydrogen) atoms. The van der Waals surface area contributed by atoms with Crippen LogP contribution in [0.3, 0.4) is 0 Å². The first-order chi connectivity index (χ1) is 31.8. The first-order valence-electron chi connectivity index (χ1n) is 24.3. The summed E-state index contributed by atoms with van der Waals surface area (Å²) in [7, 11) is -16.6. The Kier molecular flexibility index (Phi) is 35.2. The Labute approximate surface area is 398 Å². The molecule has 1 aliphatic carbocycles. The Hall–Kier alpha value is -1.63. The predicted octanol–water partition coefficient (Wildman–Crippen LogP) is 8.85. The molecule has 1 saturated carbocycles. The number of esters is 2. The van der Waals surface area contributed by atoms with E-state index >= 15 is 0 Å². The van der Waals surface area contributed by atoms with E-state index in [4.69, 9.17) is 18.5 Å². The van der Waals surface area contributed by atoms with E-state index in [1.807, 2.05) is 0 Å². The number of hydrogen-bond acceptors (Lipinski definition) is 14. The molecule has 0 radical (unpaired) electrons. The van der Waals surface area contributed by atoms with Gasteiger partial charge in [-0.2, -0.15) is 0 Å². The molecule has 0 spiro atoms. The van der Waals surface area contributed by atoms with Crippen molar-refractivity contribution < 1.29 is 90.6 Å². The van der Waals surface area contributed by atoms with Gasteiger partial charge in [0, 0.05) is 12.8 Å². The van der Waals surface area contributed by atoms with Gasteiger partial charge in [-0.05, 0) is 51.4 Å². The highest BCUT2D eigenvalue weighted by molar-refractivity contribution is 7.47. The number of aliphatic hydroxyl groups excluding tert-OH is 3. The third-order valence-corrected chi connectivity index (χ3v) is 13.0. The zero-order chi connectivity index (χ0) is 50.0. The molecule has 0 aromatic heterocycles. The number of hydrogen-bond donors (Lipinski definition) is 8. The molecule has 0 aliphatic heterocycles.